The van der Waals surface area contributed by atoms with Crippen LogP contribution >= 0.6 is 47.8 Å². The van der Waals surface area contributed by atoms with Crippen LogP contribution in [0.2, 0.25) is 0 Å². The van der Waals surface area contributed by atoms with E-state index in [9.17, 15) is 9.50 Å². The van der Waals surface area contributed by atoms with Gasteiger partial charge in [-0.25, -0.2) is 4.39 Å². The smallest absolute Gasteiger partial charge is 0.137 e. The Hall–Kier alpha value is -1.54. The predicted molar refractivity (Wildman–Crippen MR) is 124 cm³/mol. The Balaban J connectivity index is 1.79. The van der Waals surface area contributed by atoms with Crippen molar-refractivity contribution in [3.05, 3.63) is 96.6 Å². The zero-order valence-corrected chi connectivity index (χ0v) is 19.8. The van der Waals surface area contributed by atoms with Crippen molar-refractivity contribution in [2.24, 2.45) is 4.99 Å². The van der Waals surface area contributed by atoms with Gasteiger partial charge >= 0.3 is 0 Å². The van der Waals surface area contributed by atoms with Crippen LogP contribution < -0.4 is 5.32 Å². The summed E-state index contributed by atoms with van der Waals surface area (Å²) in [6.07, 6.45) is 0.234. The van der Waals surface area contributed by atoms with Gasteiger partial charge in [0.25, 0.3) is 0 Å². The summed E-state index contributed by atoms with van der Waals surface area (Å²) in [4.78, 5) is 4.91. The molecular formula is C22H16Br3FN2O. The monoisotopic (exact) mass is 580 g/mol. The molecule has 3 aromatic carbocycles. The summed E-state index contributed by atoms with van der Waals surface area (Å²) in [7, 11) is 0. The van der Waals surface area contributed by atoms with Crippen LogP contribution in [0.3, 0.4) is 0 Å². The molecule has 0 saturated carbocycles. The first-order chi connectivity index (χ1) is 13.9. The van der Waals surface area contributed by atoms with Crippen LogP contribution in [0.1, 0.15) is 35.3 Å². The first-order valence-electron chi connectivity index (χ1n) is 8.93. The maximum Gasteiger partial charge on any atom is 0.137 e. The van der Waals surface area contributed by atoms with Crippen molar-refractivity contribution in [3.8, 4) is 5.75 Å². The molecule has 7 heteroatoms. The molecule has 148 valence electrons. The number of nitrogens with zero attached hydrogens (tertiary/aromatic N) is 1. The molecule has 2 atom stereocenters. The fraction of sp³-hybridized carbons (Fsp3) is 0.136. The van der Waals surface area contributed by atoms with Gasteiger partial charge in [0, 0.05) is 32.7 Å². The van der Waals surface area contributed by atoms with Crippen molar-refractivity contribution in [1.82, 2.24) is 5.32 Å². The molecule has 0 spiro atoms. The zero-order chi connectivity index (χ0) is 20.5. The fourth-order valence-electron chi connectivity index (χ4n) is 3.41. The third-order valence-electron chi connectivity index (χ3n) is 4.82. The highest BCUT2D eigenvalue weighted by Crippen LogP contribution is 2.36. The molecule has 0 bridgehead atoms. The molecule has 0 fully saturated rings. The highest BCUT2D eigenvalue weighted by Gasteiger charge is 2.28. The van der Waals surface area contributed by atoms with Gasteiger partial charge in [0.2, 0.25) is 0 Å². The number of aliphatic imine (C=N–C) groups is 1. The second-order valence-corrected chi connectivity index (χ2v) is 9.47. The minimum Gasteiger partial charge on any atom is -0.508 e. The number of aromatic hydroxyl groups is 1. The van der Waals surface area contributed by atoms with Crippen molar-refractivity contribution >= 4 is 53.5 Å². The van der Waals surface area contributed by atoms with Crippen LogP contribution in [0, 0.1) is 5.82 Å². The van der Waals surface area contributed by atoms with E-state index in [1.54, 1.807) is 24.3 Å². The summed E-state index contributed by atoms with van der Waals surface area (Å²) in [6, 6.07) is 18.1. The molecule has 29 heavy (non-hydrogen) atoms. The molecule has 0 radical (unpaired) electrons. The first-order valence-corrected chi connectivity index (χ1v) is 11.3. The normalized spacial score (nSPS) is 19.1. The van der Waals surface area contributed by atoms with Gasteiger partial charge in [-0.2, -0.15) is 0 Å². The molecular weight excluding hydrogens is 567 g/mol. The molecule has 1 aliphatic rings. The average molecular weight is 583 g/mol. The number of nitrogens with one attached hydrogen (secondary N) is 1. The van der Waals surface area contributed by atoms with Gasteiger partial charge in [-0.3, -0.25) is 10.3 Å². The van der Waals surface area contributed by atoms with E-state index in [4.69, 9.17) is 4.99 Å². The van der Waals surface area contributed by atoms with Gasteiger partial charge in [-0.1, -0.05) is 50.1 Å². The second-order valence-electron chi connectivity index (χ2n) is 6.79. The molecule has 0 aliphatic carbocycles. The lowest BCUT2D eigenvalue weighted by Gasteiger charge is -2.31. The Morgan fingerprint density at radius 2 is 1.76 bits per heavy atom. The summed E-state index contributed by atoms with van der Waals surface area (Å²) in [5.74, 6) is -0.0952. The van der Waals surface area contributed by atoms with Crippen molar-refractivity contribution in [1.29, 1.82) is 0 Å². The Bertz CT molecular complexity index is 1100. The lowest BCUT2D eigenvalue weighted by Crippen LogP contribution is -2.33. The van der Waals surface area contributed by atoms with Crippen LogP contribution in [0.15, 0.2) is 79.1 Å². The molecule has 3 aromatic rings. The van der Waals surface area contributed by atoms with Crippen LogP contribution in [0.5, 0.6) is 5.75 Å². The number of benzene rings is 3. The third kappa shape index (κ3) is 4.63. The third-order valence-corrected chi connectivity index (χ3v) is 6.42. The van der Waals surface area contributed by atoms with Crippen LogP contribution in [0.25, 0.3) is 0 Å². The van der Waals surface area contributed by atoms with Crippen LogP contribution in [0.4, 0.5) is 4.39 Å². The number of hydrogen-bond acceptors (Lipinski definition) is 3. The summed E-state index contributed by atoms with van der Waals surface area (Å²) in [6.45, 7) is 0. The van der Waals surface area contributed by atoms with E-state index >= 15 is 0 Å². The average Bonchev–Trinajstić information content (AvgIpc) is 2.71. The Morgan fingerprint density at radius 1 is 0.966 bits per heavy atom. The van der Waals surface area contributed by atoms with Crippen molar-refractivity contribution in [2.75, 3.05) is 0 Å². The minimum atomic E-state index is -0.377. The molecule has 3 nitrogen and oxygen atoms in total. The van der Waals surface area contributed by atoms with E-state index in [2.05, 4.69) is 53.1 Å². The quantitative estimate of drug-likeness (QED) is 0.348. The zero-order valence-electron chi connectivity index (χ0n) is 15.0. The van der Waals surface area contributed by atoms with Gasteiger partial charge in [0.15, 0.2) is 0 Å². The summed E-state index contributed by atoms with van der Waals surface area (Å²) < 4.78 is 16.0. The molecule has 2 N–H and O–H groups in total. The fourth-order valence-corrected chi connectivity index (χ4v) is 4.58. The summed E-state index contributed by atoms with van der Waals surface area (Å²) in [5, 5.41) is 14.0. The number of halogens is 4. The van der Waals surface area contributed by atoms with Crippen molar-refractivity contribution in [3.63, 3.8) is 0 Å². The van der Waals surface area contributed by atoms with E-state index in [0.29, 0.717) is 10.9 Å². The van der Waals surface area contributed by atoms with E-state index in [0.717, 1.165) is 31.3 Å². The van der Waals surface area contributed by atoms with E-state index in [-0.39, 0.29) is 23.8 Å². The Morgan fingerprint density at radius 3 is 2.52 bits per heavy atom. The highest BCUT2D eigenvalue weighted by atomic mass is 79.9. The summed E-state index contributed by atoms with van der Waals surface area (Å²) in [5.41, 5.74) is 3.55. The Labute approximate surface area is 193 Å². The van der Waals surface area contributed by atoms with Crippen LogP contribution in [-0.2, 0) is 0 Å². The van der Waals surface area contributed by atoms with Crippen molar-refractivity contribution in [2.45, 2.75) is 18.6 Å². The maximum absolute atomic E-state index is 13.7. The molecule has 0 unspecified atom stereocenters. The number of rotatable bonds is 3. The lowest BCUT2D eigenvalue weighted by molar-refractivity contribution is 0.412. The SMILES string of the molecule is Oc1ccc(Br)cc1[C@@H]1CC(c2cccc(Br)c2)=N[C@@H](c2ccc(F)c(Br)c2)N1. The molecule has 0 saturated heterocycles. The van der Waals surface area contributed by atoms with Gasteiger partial charge in [0.05, 0.1) is 4.47 Å². The largest absolute Gasteiger partial charge is 0.508 e. The van der Waals surface area contributed by atoms with Crippen LogP contribution in [-0.4, -0.2) is 10.8 Å². The molecule has 1 heterocycles. The first kappa shape index (κ1) is 20.7. The molecule has 1 aliphatic heterocycles. The Kier molecular flexibility index (Phi) is 6.20. The van der Waals surface area contributed by atoms with Gasteiger partial charge < -0.3 is 5.11 Å². The molecule has 0 aromatic heterocycles. The topological polar surface area (TPSA) is 44.6 Å². The number of phenolic OH excluding ortho intramolecular Hbond substituents is 1. The van der Waals surface area contributed by atoms with Gasteiger partial charge in [0.1, 0.15) is 17.7 Å². The second kappa shape index (κ2) is 8.68. The van der Waals surface area contributed by atoms with Crippen molar-refractivity contribution < 1.29 is 9.50 Å². The predicted octanol–water partition coefficient (Wildman–Crippen LogP) is 7.04. The van der Waals surface area contributed by atoms with E-state index in [1.807, 2.05) is 30.3 Å². The van der Waals surface area contributed by atoms with E-state index < -0.39 is 0 Å². The minimum absolute atomic E-state index is 0.159. The number of hydrogen-bond donors (Lipinski definition) is 2. The summed E-state index contributed by atoms with van der Waals surface area (Å²) >= 11 is 10.3. The molecule has 0 amide bonds. The lowest BCUT2D eigenvalue weighted by atomic mass is 9.93. The van der Waals surface area contributed by atoms with E-state index in [1.165, 1.54) is 6.07 Å². The molecule has 4 rings (SSSR count). The maximum atomic E-state index is 13.7. The van der Waals surface area contributed by atoms with Gasteiger partial charge in [-0.05, 0) is 69.5 Å². The number of phenols is 1. The highest BCUT2D eigenvalue weighted by molar-refractivity contribution is 9.11. The van der Waals surface area contributed by atoms with Gasteiger partial charge in [-0.15, -0.1) is 0 Å². The standard InChI is InChI=1S/C22H16Br3FN2O/c23-14-3-1-2-12(8-14)19-11-20(16-10-15(24)5-7-21(16)29)28-22(27-19)13-4-6-18(26)17(25)9-13/h1-10,20,22,28-29H,11H2/t20-,22+/m0/s1.